The smallest absolute Gasteiger partial charge is 0.343 e. The molecule has 2 aromatic rings. The SMILES string of the molecule is N=Cc1ccccc1OC(=O)c1ccccc1. The van der Waals surface area contributed by atoms with Gasteiger partial charge in [0.25, 0.3) is 0 Å². The zero-order valence-electron chi connectivity index (χ0n) is 9.09. The molecule has 0 aliphatic carbocycles. The first-order valence-electron chi connectivity index (χ1n) is 5.18. The Kier molecular flexibility index (Phi) is 3.31. The summed E-state index contributed by atoms with van der Waals surface area (Å²) in [7, 11) is 0. The lowest BCUT2D eigenvalue weighted by Gasteiger charge is -2.06. The van der Waals surface area contributed by atoms with Gasteiger partial charge in [0.05, 0.1) is 5.56 Å². The fourth-order valence-electron chi connectivity index (χ4n) is 1.43. The van der Waals surface area contributed by atoms with Crippen molar-refractivity contribution in [2.45, 2.75) is 0 Å². The molecule has 3 heteroatoms. The molecule has 0 bridgehead atoms. The number of hydrogen-bond donors (Lipinski definition) is 1. The maximum absolute atomic E-state index is 11.8. The van der Waals surface area contributed by atoms with Gasteiger partial charge in [-0.05, 0) is 24.3 Å². The van der Waals surface area contributed by atoms with E-state index in [9.17, 15) is 4.79 Å². The van der Waals surface area contributed by atoms with E-state index in [1.807, 2.05) is 6.07 Å². The summed E-state index contributed by atoms with van der Waals surface area (Å²) in [5.74, 6) is -0.0174. The van der Waals surface area contributed by atoms with E-state index in [2.05, 4.69) is 0 Å². The number of rotatable bonds is 3. The Bertz CT molecular complexity index is 535. The topological polar surface area (TPSA) is 50.1 Å². The van der Waals surface area contributed by atoms with Crippen LogP contribution in [0.15, 0.2) is 54.6 Å². The lowest BCUT2D eigenvalue weighted by molar-refractivity contribution is 0.0734. The molecule has 0 saturated heterocycles. The Morgan fingerprint density at radius 2 is 1.65 bits per heavy atom. The standard InChI is InChI=1S/C14H11NO2/c15-10-12-8-4-5-9-13(12)17-14(16)11-6-2-1-3-7-11/h1-10,15H. The lowest BCUT2D eigenvalue weighted by Crippen LogP contribution is -2.09. The maximum atomic E-state index is 11.8. The molecule has 2 rings (SSSR count). The van der Waals surface area contributed by atoms with E-state index in [4.69, 9.17) is 10.1 Å². The first-order valence-corrected chi connectivity index (χ1v) is 5.18. The first kappa shape index (κ1) is 11.1. The Labute approximate surface area is 99.2 Å². The van der Waals surface area contributed by atoms with E-state index in [1.165, 1.54) is 0 Å². The van der Waals surface area contributed by atoms with Crippen LogP contribution < -0.4 is 4.74 Å². The van der Waals surface area contributed by atoms with E-state index < -0.39 is 5.97 Å². The Morgan fingerprint density at radius 3 is 2.35 bits per heavy atom. The van der Waals surface area contributed by atoms with E-state index >= 15 is 0 Å². The summed E-state index contributed by atoms with van der Waals surface area (Å²) in [6.45, 7) is 0. The largest absolute Gasteiger partial charge is 0.422 e. The molecule has 0 amide bonds. The normalized spacial score (nSPS) is 9.65. The summed E-state index contributed by atoms with van der Waals surface area (Å²) in [4.78, 5) is 11.8. The van der Waals surface area contributed by atoms with Crippen LogP contribution in [0.5, 0.6) is 5.75 Å². The summed E-state index contributed by atoms with van der Waals surface area (Å²) in [5.41, 5.74) is 1.07. The third-order valence-electron chi connectivity index (χ3n) is 2.29. The second kappa shape index (κ2) is 5.07. The Hall–Kier alpha value is -2.42. The van der Waals surface area contributed by atoms with Crippen molar-refractivity contribution >= 4 is 12.2 Å². The minimum absolute atomic E-state index is 0.399. The van der Waals surface area contributed by atoms with Gasteiger partial charge in [-0.25, -0.2) is 4.79 Å². The van der Waals surface area contributed by atoms with Crippen molar-refractivity contribution in [1.82, 2.24) is 0 Å². The number of ether oxygens (including phenoxy) is 1. The monoisotopic (exact) mass is 225 g/mol. The van der Waals surface area contributed by atoms with Crippen LogP contribution in [0.1, 0.15) is 15.9 Å². The number of para-hydroxylation sites is 1. The number of esters is 1. The highest BCUT2D eigenvalue weighted by atomic mass is 16.5. The minimum atomic E-state index is -0.417. The van der Waals surface area contributed by atoms with Crippen molar-refractivity contribution < 1.29 is 9.53 Å². The Morgan fingerprint density at radius 1 is 1.00 bits per heavy atom. The fourth-order valence-corrected chi connectivity index (χ4v) is 1.43. The summed E-state index contributed by atoms with van der Waals surface area (Å²) in [6.07, 6.45) is 1.16. The van der Waals surface area contributed by atoms with Crippen molar-refractivity contribution in [3.8, 4) is 5.75 Å². The van der Waals surface area contributed by atoms with Gasteiger partial charge >= 0.3 is 5.97 Å². The highest BCUT2D eigenvalue weighted by molar-refractivity contribution is 5.92. The minimum Gasteiger partial charge on any atom is -0.422 e. The van der Waals surface area contributed by atoms with Crippen LogP contribution in [0, 0.1) is 5.41 Å². The van der Waals surface area contributed by atoms with Crippen LogP contribution in [0.2, 0.25) is 0 Å². The van der Waals surface area contributed by atoms with Gasteiger partial charge in [0.15, 0.2) is 0 Å². The number of benzene rings is 2. The molecule has 0 heterocycles. The molecule has 0 aliphatic rings. The molecule has 0 radical (unpaired) electrons. The van der Waals surface area contributed by atoms with E-state index in [0.717, 1.165) is 6.21 Å². The number of carbonyl (C=O) groups is 1. The predicted octanol–water partition coefficient (Wildman–Crippen LogP) is 2.90. The summed E-state index contributed by atoms with van der Waals surface area (Å²) >= 11 is 0. The lowest BCUT2D eigenvalue weighted by atomic mass is 10.2. The summed E-state index contributed by atoms with van der Waals surface area (Å²) < 4.78 is 5.23. The van der Waals surface area contributed by atoms with Crippen molar-refractivity contribution in [2.75, 3.05) is 0 Å². The predicted molar refractivity (Wildman–Crippen MR) is 65.7 cm³/mol. The van der Waals surface area contributed by atoms with Gasteiger partial charge in [-0.15, -0.1) is 0 Å². The van der Waals surface area contributed by atoms with Crippen LogP contribution in [-0.2, 0) is 0 Å². The zero-order chi connectivity index (χ0) is 12.1. The molecular formula is C14H11NO2. The molecule has 1 N–H and O–H groups in total. The number of hydrogen-bond acceptors (Lipinski definition) is 3. The molecule has 17 heavy (non-hydrogen) atoms. The third kappa shape index (κ3) is 2.58. The quantitative estimate of drug-likeness (QED) is 0.496. The van der Waals surface area contributed by atoms with Crippen LogP contribution in [-0.4, -0.2) is 12.2 Å². The van der Waals surface area contributed by atoms with Crippen LogP contribution in [0.25, 0.3) is 0 Å². The molecule has 84 valence electrons. The van der Waals surface area contributed by atoms with Gasteiger partial charge in [0.2, 0.25) is 0 Å². The fraction of sp³-hybridized carbons (Fsp3) is 0. The van der Waals surface area contributed by atoms with E-state index in [0.29, 0.717) is 16.9 Å². The average molecular weight is 225 g/mol. The highest BCUT2D eigenvalue weighted by Gasteiger charge is 2.09. The highest BCUT2D eigenvalue weighted by Crippen LogP contribution is 2.17. The van der Waals surface area contributed by atoms with Gasteiger partial charge in [-0.1, -0.05) is 30.3 Å². The molecule has 2 aromatic carbocycles. The second-order valence-electron chi connectivity index (χ2n) is 3.44. The van der Waals surface area contributed by atoms with Gasteiger partial charge in [-0.2, -0.15) is 0 Å². The second-order valence-corrected chi connectivity index (χ2v) is 3.44. The van der Waals surface area contributed by atoms with Crippen molar-refractivity contribution in [1.29, 1.82) is 5.41 Å². The third-order valence-corrected chi connectivity index (χ3v) is 2.29. The van der Waals surface area contributed by atoms with Gasteiger partial charge in [0.1, 0.15) is 5.75 Å². The first-order chi connectivity index (χ1) is 8.31. The summed E-state index contributed by atoms with van der Waals surface area (Å²) in [6, 6.07) is 15.7. The summed E-state index contributed by atoms with van der Waals surface area (Å²) in [5, 5.41) is 7.22. The molecule has 0 unspecified atom stereocenters. The van der Waals surface area contributed by atoms with Gasteiger partial charge in [-0.3, -0.25) is 0 Å². The van der Waals surface area contributed by atoms with Crippen LogP contribution in [0.3, 0.4) is 0 Å². The molecule has 0 aromatic heterocycles. The van der Waals surface area contributed by atoms with E-state index in [-0.39, 0.29) is 0 Å². The zero-order valence-corrected chi connectivity index (χ0v) is 9.09. The Balaban J connectivity index is 2.22. The van der Waals surface area contributed by atoms with Crippen LogP contribution in [0.4, 0.5) is 0 Å². The average Bonchev–Trinajstić information content (AvgIpc) is 2.40. The molecule has 0 atom stereocenters. The van der Waals surface area contributed by atoms with Crippen LogP contribution >= 0.6 is 0 Å². The molecule has 0 saturated carbocycles. The number of nitrogens with one attached hydrogen (secondary N) is 1. The number of carbonyl (C=O) groups excluding carboxylic acids is 1. The van der Waals surface area contributed by atoms with Crippen molar-refractivity contribution in [3.05, 3.63) is 65.7 Å². The van der Waals surface area contributed by atoms with Gasteiger partial charge < -0.3 is 10.1 Å². The van der Waals surface area contributed by atoms with E-state index in [1.54, 1.807) is 48.5 Å². The van der Waals surface area contributed by atoms with Gasteiger partial charge in [0, 0.05) is 11.8 Å². The molecule has 3 nitrogen and oxygen atoms in total. The van der Waals surface area contributed by atoms with Crippen molar-refractivity contribution in [2.24, 2.45) is 0 Å². The van der Waals surface area contributed by atoms with Crippen molar-refractivity contribution in [3.63, 3.8) is 0 Å². The molecule has 0 spiro atoms. The molecule has 0 fully saturated rings. The molecule has 0 aliphatic heterocycles. The molecular weight excluding hydrogens is 214 g/mol. The maximum Gasteiger partial charge on any atom is 0.343 e.